The maximum absolute atomic E-state index is 12.0. The van der Waals surface area contributed by atoms with Crippen molar-refractivity contribution < 1.29 is 131 Å². The van der Waals surface area contributed by atoms with Crippen LogP contribution in [0.5, 0.6) is 40.2 Å². The summed E-state index contributed by atoms with van der Waals surface area (Å²) in [4.78, 5) is 43.2. The van der Waals surface area contributed by atoms with E-state index in [1.165, 1.54) is 16.6 Å². The number of oxazole rings is 3. The molecule has 0 bridgehead atoms. The minimum atomic E-state index is -4.00. The minimum Gasteiger partial charge on any atom is -1.00 e. The van der Waals surface area contributed by atoms with Gasteiger partial charge in [-0.15, -0.1) is 58.0 Å². The number of halogens is 17. The van der Waals surface area contributed by atoms with Crippen molar-refractivity contribution >= 4 is 272 Å². The number of sulfone groups is 3. The van der Waals surface area contributed by atoms with Crippen LogP contribution in [-0.2, 0) is 99.2 Å². The fourth-order valence-electron chi connectivity index (χ4n) is 10.9. The molecule has 0 atom stereocenters. The number of hydrogen-bond acceptors (Lipinski definition) is 28. The molecule has 0 saturated carbocycles. The molecule has 802 valence electrons. The molecule has 4 N–H and O–H groups in total. The van der Waals surface area contributed by atoms with E-state index in [-0.39, 0.29) is 135 Å². The second kappa shape index (κ2) is 73.1. The number of hydrogen-bond donors (Lipinski definition) is 4. The zero-order valence-electron chi connectivity index (χ0n) is 79.1. The number of ether oxygens (including phenoxy) is 5. The molecular weight excluding hydrogens is 2470 g/mol. The number of aromatic nitrogens is 3. The number of aliphatic hydroxyl groups is 2. The van der Waals surface area contributed by atoms with E-state index in [0.717, 1.165) is 108 Å². The van der Waals surface area contributed by atoms with Crippen LogP contribution in [0.3, 0.4) is 0 Å². The Hall–Kier alpha value is -5.24. The second-order valence-corrected chi connectivity index (χ2v) is 44.8. The van der Waals surface area contributed by atoms with Crippen molar-refractivity contribution in [3.05, 3.63) is 272 Å². The van der Waals surface area contributed by atoms with Gasteiger partial charge in [0.15, 0.2) is 110 Å². The van der Waals surface area contributed by atoms with Crippen molar-refractivity contribution in [1.29, 1.82) is 0 Å². The third-order valence-electron chi connectivity index (χ3n) is 18.0. The Labute approximate surface area is 964 Å². The Morgan fingerprint density at radius 1 is 0.393 bits per heavy atom. The predicted octanol–water partition coefficient (Wildman–Crippen LogP) is 24.0. The van der Waals surface area contributed by atoms with Crippen LogP contribution in [0, 0.1) is 28.2 Å². The zero-order chi connectivity index (χ0) is 106. The molecule has 0 saturated heterocycles. The molecule has 3 aromatic heterocycles. The van der Waals surface area contributed by atoms with E-state index in [9.17, 15) is 43.9 Å². The average molecular weight is 2590 g/mol. The monoisotopic (exact) mass is 2580 g/mol. The van der Waals surface area contributed by atoms with E-state index < -0.39 is 63.9 Å². The van der Waals surface area contributed by atoms with E-state index in [2.05, 4.69) is 69.7 Å². The summed E-state index contributed by atoms with van der Waals surface area (Å²) >= 11 is 90.9. The molecule has 145 heavy (non-hydrogen) atoms. The van der Waals surface area contributed by atoms with Crippen LogP contribution in [0.15, 0.2) is 186 Å². The summed E-state index contributed by atoms with van der Waals surface area (Å²) in [5.41, 5.74) is 5.77. The Morgan fingerprint density at radius 2 is 0.669 bits per heavy atom. The van der Waals surface area contributed by atoms with Gasteiger partial charge in [-0.05, 0) is 203 Å². The first-order chi connectivity index (χ1) is 65.5. The van der Waals surface area contributed by atoms with Gasteiger partial charge in [0.05, 0.1) is 87.2 Å². The summed E-state index contributed by atoms with van der Waals surface area (Å²) < 4.78 is 140. The number of rotatable bonds is 34. The molecule has 0 unspecified atom stereocenters. The third-order valence-corrected chi connectivity index (χ3v) is 27.3. The number of aryl methyl sites for hydroxylation is 3. The smallest absolute Gasteiger partial charge is 1.00 e. The predicted molar refractivity (Wildman–Crippen MR) is 583 cm³/mol. The van der Waals surface area contributed by atoms with E-state index in [4.69, 9.17) is 240 Å². The summed E-state index contributed by atoms with van der Waals surface area (Å²) in [6.07, 6.45) is 10.6. The van der Waals surface area contributed by atoms with Gasteiger partial charge in [0.25, 0.3) is 10.1 Å². The number of carbonyl (C=O) groups excluding carboxylic acids is 4. The SMILES string of the molecule is C.C.CC(C)(O)c1cc(Cl)c(OCCCCl)c(Cl)c1.CC(C)(c1ccc(O)cc1)c1cc(Cl)c(OCCCCl)c(Cl)c1.CC(C)(c1ccc(OCc2ocnc2S(C)(=O)=O)cc1)c1cc(Cl)c(OCCCCl)c(Cl)c1.CS(=O)(=O)c1ncoc1CO.Cc1cc(Cl)c(O)c(Cl)c1.Cc1cc(Cl)c(OCCCCl)c(Cl)c1.Cc1ccc(S(=O)(=O)OCc2ocnc2S(C)(=O)=O)cc1.ClCCCI.O=C=O.O=C=O.[Br-].[CH3-].[Mg+2]. The van der Waals surface area contributed by atoms with Gasteiger partial charge >= 0.3 is 35.4 Å². The van der Waals surface area contributed by atoms with Gasteiger partial charge in [0, 0.05) is 63.4 Å². The summed E-state index contributed by atoms with van der Waals surface area (Å²) in [6, 6.07) is 38.4. The summed E-state index contributed by atoms with van der Waals surface area (Å²) in [5.74, 6) is 5.58. The van der Waals surface area contributed by atoms with Gasteiger partial charge in [-0.3, -0.25) is 4.18 Å². The van der Waals surface area contributed by atoms with Crippen LogP contribution in [0.25, 0.3) is 0 Å². The van der Waals surface area contributed by atoms with Crippen molar-refractivity contribution in [1.82, 2.24) is 15.0 Å². The zero-order valence-corrected chi connectivity index (χ0v) is 98.9. The largest absolute Gasteiger partial charge is 2.00 e. The molecule has 0 aliphatic rings. The molecule has 3 heterocycles. The maximum atomic E-state index is 12.0. The molecule has 0 aliphatic heterocycles. The van der Waals surface area contributed by atoms with Crippen LogP contribution >= 0.6 is 197 Å². The molecule has 28 nitrogen and oxygen atoms in total. The van der Waals surface area contributed by atoms with Gasteiger partial charge in [0.1, 0.15) is 31.3 Å². The molecule has 0 spiro atoms. The molecule has 0 fully saturated rings. The molecule has 0 aliphatic carbocycles. The first-order valence-electron chi connectivity index (χ1n) is 40.7. The van der Waals surface area contributed by atoms with E-state index >= 15 is 0 Å². The molecule has 8 aromatic carbocycles. The normalized spacial score (nSPS) is 10.7. The van der Waals surface area contributed by atoms with Crippen LogP contribution in [0.1, 0.15) is 150 Å². The number of phenolic OH excluding ortho intramolecular Hbond substituents is 2. The van der Waals surface area contributed by atoms with Crippen LogP contribution in [0.2, 0.25) is 50.2 Å². The van der Waals surface area contributed by atoms with Gasteiger partial charge in [-0.25, -0.2) is 40.2 Å². The number of aromatic hydroxyl groups is 2. The number of aliphatic hydroxyl groups excluding tert-OH is 1. The topological polar surface area (TPSA) is 419 Å². The van der Waals surface area contributed by atoms with E-state index in [1.807, 2.05) is 81.4 Å². The summed E-state index contributed by atoms with van der Waals surface area (Å²) in [6.45, 7) is 18.1. The van der Waals surface area contributed by atoms with Crippen LogP contribution in [0.4, 0.5) is 0 Å². The third kappa shape index (κ3) is 51.8. The Morgan fingerprint density at radius 3 is 0.945 bits per heavy atom. The molecule has 11 rings (SSSR count). The fraction of sp³-hybridized carbons (Fsp3) is 0.368. The number of phenols is 2. The van der Waals surface area contributed by atoms with Crippen molar-refractivity contribution in [3.63, 3.8) is 0 Å². The molecule has 11 aromatic rings. The number of alkyl halides is 6. The number of benzene rings is 8. The van der Waals surface area contributed by atoms with Gasteiger partial charge < -0.3 is 81.8 Å². The van der Waals surface area contributed by atoms with Gasteiger partial charge in [0.2, 0.25) is 0 Å². The maximum Gasteiger partial charge on any atom is 2.00 e. The number of nitrogens with zero attached hydrogens (tertiary/aromatic N) is 3. The quantitative estimate of drug-likeness (QED) is 0.00726. The average Bonchev–Trinajstić information content (AvgIpc) is 1.56. The summed E-state index contributed by atoms with van der Waals surface area (Å²) in [5, 5.41) is 40.6. The van der Waals surface area contributed by atoms with E-state index in [0.29, 0.717) is 141 Å². The van der Waals surface area contributed by atoms with Gasteiger partial charge in [-0.2, -0.15) is 27.6 Å². The molecule has 50 heteroatoms. The van der Waals surface area contributed by atoms with Crippen LogP contribution in [-0.4, -0.2) is 183 Å². The van der Waals surface area contributed by atoms with Gasteiger partial charge in [-0.1, -0.05) is 223 Å². The Kier molecular flexibility index (Phi) is 73.6. The first kappa shape index (κ1) is 146. The minimum absolute atomic E-state index is 0. The van der Waals surface area contributed by atoms with Crippen molar-refractivity contribution in [2.45, 2.75) is 165 Å². The second-order valence-electron chi connectivity index (χ2n) is 30.3. The fourth-order valence-corrected chi connectivity index (χ4v) is 18.5. The van der Waals surface area contributed by atoms with Crippen molar-refractivity contribution in [2.75, 3.05) is 79.0 Å². The molecule has 0 radical (unpaired) electrons. The molecule has 0 amide bonds. The Bertz CT molecular complexity index is 6140. The van der Waals surface area contributed by atoms with Crippen molar-refractivity contribution in [3.8, 4) is 40.2 Å². The molecular formula is C95H112BrCl15IMgN3O25S4. The summed E-state index contributed by atoms with van der Waals surface area (Å²) in [7, 11) is -14.5. The Balaban J connectivity index is -0.000000803. The first-order valence-corrected chi connectivity index (χ1v) is 55.7. The van der Waals surface area contributed by atoms with Crippen LogP contribution < -0.4 is 40.7 Å². The van der Waals surface area contributed by atoms with E-state index in [1.54, 1.807) is 74.5 Å². The standard InChI is InChI=1S/C23H24Cl3NO5S.C18H19Cl3O2.C12H15Cl3O2.C12H13NO6S2.C10H11Cl3O.C7H6Cl2O.C5H7NO4S.C3H6ClI.2CO2.2CH4.CH3.BrH.Mg/c1-23(2,16-11-18(25)21(19(26)12-16)30-10-4-9-24)15-5-7-17(8-6-15)31-13-20-22(27-14-32-20)33(3,28)29;1-18(2,12-4-6-14(22)7-5-12)13-10-15(20)17(16(21)11-13)23-9-3-8-19;1-12(2,16)8-6-9(14)11(10(15)7-8)17-5-3-4-13;1-9-3-5-10(6-4-9)21(16,17)19-7-11-12(13-8-18-11)20(2,14)15;1-7-5-8(12)10(9(13)6-7)14-4-2-3-11;1-4-2-5(8)7(10)6(9)3-4;1-11(8,9)5-4(2-7)10-3-6-5;4-2-1-3-5;2*2-1-3;;;;;/h5-8,11-12,14H,4,9-10,13H2,1-3H3;4-7,10-11,22H,3,8-9H2,1-2H3;6-7,16H,3-5H2,1-2H3;3-6,8H,7H2,1-2H3;5-6H,2-4H2,1H3;2-3,10H,1H3;3,7H,2H2,1H3;1-3H2;;;2*1H4;1H3;1H;/q;;;;;;;;;;;;-1;;+2/p-1. The van der Waals surface area contributed by atoms with Crippen molar-refractivity contribution in [2.24, 2.45) is 0 Å².